The minimum Gasteiger partial charge on any atom is -0.494 e. The second-order valence-electron chi connectivity index (χ2n) is 7.22. The van der Waals surface area contributed by atoms with E-state index in [1.54, 1.807) is 12.1 Å². The summed E-state index contributed by atoms with van der Waals surface area (Å²) in [5.74, 6) is -0.237. The molecule has 6 nitrogen and oxygen atoms in total. The number of aliphatic carboxylic acids is 1. The smallest absolute Gasteiger partial charge is 0.319 e. The summed E-state index contributed by atoms with van der Waals surface area (Å²) in [6.45, 7) is 9.00. The second kappa shape index (κ2) is 9.91. The van der Waals surface area contributed by atoms with Crippen molar-refractivity contribution in [2.45, 2.75) is 47.0 Å². The van der Waals surface area contributed by atoms with Crippen LogP contribution in [-0.2, 0) is 4.79 Å². The van der Waals surface area contributed by atoms with E-state index in [-0.39, 0.29) is 23.8 Å². The molecule has 0 radical (unpaired) electrons. The van der Waals surface area contributed by atoms with Gasteiger partial charge in [-0.3, -0.25) is 4.79 Å². The molecule has 140 valence electrons. The molecular formula is C19H30N2O4. The number of ether oxygens (including phenoxy) is 1. The Balaban J connectivity index is 2.48. The van der Waals surface area contributed by atoms with Crippen molar-refractivity contribution in [1.29, 1.82) is 0 Å². The molecule has 1 atom stereocenters. The average Bonchev–Trinajstić information content (AvgIpc) is 2.52. The third-order valence-corrected chi connectivity index (χ3v) is 4.03. The van der Waals surface area contributed by atoms with Crippen molar-refractivity contribution < 1.29 is 19.4 Å². The summed E-state index contributed by atoms with van der Waals surface area (Å²) in [6.07, 6.45) is 2.11. The Bertz CT molecular complexity index is 550. The van der Waals surface area contributed by atoms with E-state index in [4.69, 9.17) is 9.84 Å². The molecule has 0 aliphatic rings. The first-order valence-electron chi connectivity index (χ1n) is 8.72. The van der Waals surface area contributed by atoms with Gasteiger partial charge in [-0.1, -0.05) is 34.1 Å². The number of benzene rings is 1. The molecule has 1 aromatic rings. The van der Waals surface area contributed by atoms with Crippen LogP contribution in [-0.4, -0.2) is 30.3 Å². The van der Waals surface area contributed by atoms with Crippen LogP contribution in [0.3, 0.4) is 0 Å². The first-order chi connectivity index (χ1) is 11.7. The molecule has 2 amide bonds. The van der Waals surface area contributed by atoms with Crippen molar-refractivity contribution in [2.75, 3.05) is 18.5 Å². The normalized spacial score (nSPS) is 12.3. The first kappa shape index (κ1) is 20.8. The Labute approximate surface area is 150 Å². The standard InChI is InChI=1S/C19H30N2O4/c1-5-6-11-25-16-9-7-15(8-10-16)21-18(24)20-13-14(12-17(22)23)19(2,3)4/h7-10,14H,5-6,11-13H2,1-4H3,(H,22,23)(H2,20,21,24). The molecule has 0 bridgehead atoms. The maximum Gasteiger partial charge on any atom is 0.319 e. The number of hydrogen-bond acceptors (Lipinski definition) is 3. The molecule has 0 heterocycles. The van der Waals surface area contributed by atoms with Gasteiger partial charge in [0.1, 0.15) is 5.75 Å². The highest BCUT2D eigenvalue weighted by atomic mass is 16.5. The number of rotatable bonds is 9. The van der Waals surface area contributed by atoms with Crippen molar-refractivity contribution in [1.82, 2.24) is 5.32 Å². The van der Waals surface area contributed by atoms with E-state index in [1.807, 2.05) is 32.9 Å². The van der Waals surface area contributed by atoms with Crippen LogP contribution in [0.1, 0.15) is 47.0 Å². The second-order valence-corrected chi connectivity index (χ2v) is 7.22. The van der Waals surface area contributed by atoms with Gasteiger partial charge in [-0.2, -0.15) is 0 Å². The van der Waals surface area contributed by atoms with Crippen molar-refractivity contribution in [3.05, 3.63) is 24.3 Å². The lowest BCUT2D eigenvalue weighted by Gasteiger charge is -2.29. The van der Waals surface area contributed by atoms with E-state index >= 15 is 0 Å². The molecule has 0 spiro atoms. The molecule has 1 aromatic carbocycles. The number of urea groups is 1. The fraction of sp³-hybridized carbons (Fsp3) is 0.579. The molecular weight excluding hydrogens is 320 g/mol. The van der Waals surface area contributed by atoms with Crippen molar-refractivity contribution >= 4 is 17.7 Å². The Kier molecular flexibility index (Phi) is 8.25. The number of amides is 2. The number of hydrogen-bond donors (Lipinski definition) is 3. The first-order valence-corrected chi connectivity index (χ1v) is 8.72. The molecule has 0 aromatic heterocycles. The van der Waals surface area contributed by atoms with Crippen LogP contribution in [0.25, 0.3) is 0 Å². The van der Waals surface area contributed by atoms with E-state index in [2.05, 4.69) is 17.6 Å². The Hall–Kier alpha value is -2.24. The minimum absolute atomic E-state index is 0.0214. The topological polar surface area (TPSA) is 87.7 Å². The Morgan fingerprint density at radius 3 is 2.36 bits per heavy atom. The molecule has 1 unspecified atom stereocenters. The van der Waals surface area contributed by atoms with E-state index in [0.717, 1.165) is 18.6 Å². The van der Waals surface area contributed by atoms with Gasteiger partial charge in [-0.15, -0.1) is 0 Å². The van der Waals surface area contributed by atoms with Crippen LogP contribution >= 0.6 is 0 Å². The van der Waals surface area contributed by atoms with Gasteiger partial charge in [0.05, 0.1) is 13.0 Å². The van der Waals surface area contributed by atoms with Crippen molar-refractivity contribution in [3.63, 3.8) is 0 Å². The zero-order valence-corrected chi connectivity index (χ0v) is 15.6. The van der Waals surface area contributed by atoms with Crippen molar-refractivity contribution in [2.24, 2.45) is 11.3 Å². The van der Waals surface area contributed by atoms with Gasteiger partial charge in [-0.25, -0.2) is 4.79 Å². The lowest BCUT2D eigenvalue weighted by atomic mass is 9.79. The highest BCUT2D eigenvalue weighted by molar-refractivity contribution is 5.89. The summed E-state index contributed by atoms with van der Waals surface area (Å²) >= 11 is 0. The van der Waals surface area contributed by atoms with Crippen molar-refractivity contribution in [3.8, 4) is 5.75 Å². The van der Waals surface area contributed by atoms with E-state index in [0.29, 0.717) is 18.8 Å². The molecule has 0 saturated carbocycles. The summed E-state index contributed by atoms with van der Waals surface area (Å²) in [5.41, 5.74) is 0.453. The third-order valence-electron chi connectivity index (χ3n) is 4.03. The van der Waals surface area contributed by atoms with Crippen LogP contribution in [0.5, 0.6) is 5.75 Å². The summed E-state index contributed by atoms with van der Waals surface area (Å²) in [7, 11) is 0. The molecule has 3 N–H and O–H groups in total. The van der Waals surface area contributed by atoms with Crippen LogP contribution in [0.4, 0.5) is 10.5 Å². The molecule has 6 heteroatoms. The minimum atomic E-state index is -0.860. The monoisotopic (exact) mass is 350 g/mol. The Morgan fingerprint density at radius 2 is 1.84 bits per heavy atom. The van der Waals surface area contributed by atoms with Crippen LogP contribution in [0, 0.1) is 11.3 Å². The predicted molar refractivity (Wildman–Crippen MR) is 99.1 cm³/mol. The van der Waals surface area contributed by atoms with Gasteiger partial charge in [-0.05, 0) is 42.0 Å². The van der Waals surface area contributed by atoms with Gasteiger partial charge in [0.15, 0.2) is 0 Å². The molecule has 0 saturated heterocycles. The van der Waals surface area contributed by atoms with Crippen LogP contribution in [0.2, 0.25) is 0 Å². The highest BCUT2D eigenvalue weighted by Crippen LogP contribution is 2.28. The fourth-order valence-corrected chi connectivity index (χ4v) is 2.26. The molecule has 0 aliphatic carbocycles. The van der Waals surface area contributed by atoms with E-state index in [1.165, 1.54) is 0 Å². The number of carboxylic acids is 1. The maximum atomic E-state index is 12.0. The largest absolute Gasteiger partial charge is 0.494 e. The third kappa shape index (κ3) is 8.42. The number of nitrogens with one attached hydrogen (secondary N) is 2. The summed E-state index contributed by atoms with van der Waals surface area (Å²) in [5, 5.41) is 14.5. The highest BCUT2D eigenvalue weighted by Gasteiger charge is 2.27. The molecule has 1 rings (SSSR count). The number of anilines is 1. The van der Waals surface area contributed by atoms with Crippen LogP contribution < -0.4 is 15.4 Å². The van der Waals surface area contributed by atoms with Gasteiger partial charge < -0.3 is 20.5 Å². The zero-order valence-electron chi connectivity index (χ0n) is 15.6. The SMILES string of the molecule is CCCCOc1ccc(NC(=O)NCC(CC(=O)O)C(C)(C)C)cc1. The van der Waals surface area contributed by atoms with Gasteiger partial charge in [0.25, 0.3) is 0 Å². The lowest BCUT2D eigenvalue weighted by Crippen LogP contribution is -2.38. The number of carbonyl (C=O) groups is 2. The van der Waals surface area contributed by atoms with Gasteiger partial charge >= 0.3 is 12.0 Å². The quantitative estimate of drug-likeness (QED) is 0.585. The van der Waals surface area contributed by atoms with Gasteiger partial charge in [0, 0.05) is 12.2 Å². The number of unbranched alkanes of at least 4 members (excludes halogenated alkanes) is 1. The summed E-state index contributed by atoms with van der Waals surface area (Å²) in [6, 6.07) is 6.83. The predicted octanol–water partition coefficient (Wildman–Crippen LogP) is 4.12. The molecule has 0 fully saturated rings. The molecule has 0 aliphatic heterocycles. The zero-order chi connectivity index (χ0) is 18.9. The number of carboxylic acid groups (broad SMARTS) is 1. The number of carbonyl (C=O) groups excluding carboxylic acids is 1. The van der Waals surface area contributed by atoms with E-state index < -0.39 is 5.97 Å². The van der Waals surface area contributed by atoms with Gasteiger partial charge in [0.2, 0.25) is 0 Å². The molecule has 25 heavy (non-hydrogen) atoms. The Morgan fingerprint density at radius 1 is 1.20 bits per heavy atom. The average molecular weight is 350 g/mol. The fourth-order valence-electron chi connectivity index (χ4n) is 2.26. The summed E-state index contributed by atoms with van der Waals surface area (Å²) < 4.78 is 5.58. The van der Waals surface area contributed by atoms with Crippen LogP contribution in [0.15, 0.2) is 24.3 Å². The lowest BCUT2D eigenvalue weighted by molar-refractivity contribution is -0.139. The maximum absolute atomic E-state index is 12.0. The van der Waals surface area contributed by atoms with E-state index in [9.17, 15) is 9.59 Å². The summed E-state index contributed by atoms with van der Waals surface area (Å²) in [4.78, 5) is 23.0.